The number of nitrogens with zero attached hydrogens (tertiary/aromatic N) is 1. The molecule has 0 aromatic carbocycles. The second-order valence-corrected chi connectivity index (χ2v) is 6.69. The van der Waals surface area contributed by atoms with Crippen molar-refractivity contribution in [3.8, 4) is 0 Å². The molecule has 0 radical (unpaired) electrons. The number of hydrogen-bond acceptors (Lipinski definition) is 3. The Morgan fingerprint density at radius 1 is 1.12 bits per heavy atom. The first-order valence-electron chi connectivity index (χ1n) is 6.89. The Hall–Kier alpha value is 0.270. The fourth-order valence-electron chi connectivity index (χ4n) is 2.78. The Kier molecular flexibility index (Phi) is 5.46. The third-order valence-electron chi connectivity index (χ3n) is 3.95. The summed E-state index contributed by atoms with van der Waals surface area (Å²) in [6, 6.07) is 0.794. The summed E-state index contributed by atoms with van der Waals surface area (Å²) in [5, 5.41) is 4.58. The van der Waals surface area contributed by atoms with Crippen LogP contribution in [0.4, 0.5) is 0 Å². The van der Waals surface area contributed by atoms with Gasteiger partial charge in [-0.25, -0.2) is 0 Å². The normalized spacial score (nSPS) is 32.8. The summed E-state index contributed by atoms with van der Waals surface area (Å²) in [7, 11) is 2.28. The molecular formula is C13H26N2S. The predicted molar refractivity (Wildman–Crippen MR) is 73.2 cm³/mol. The van der Waals surface area contributed by atoms with Crippen molar-refractivity contribution in [1.82, 2.24) is 10.2 Å². The maximum absolute atomic E-state index is 3.69. The number of thioether (sulfide) groups is 1. The largest absolute Gasteiger partial charge is 0.314 e. The summed E-state index contributed by atoms with van der Waals surface area (Å²) in [6.07, 6.45) is 8.52. The van der Waals surface area contributed by atoms with Gasteiger partial charge in [0.15, 0.2) is 0 Å². The number of rotatable bonds is 4. The van der Waals surface area contributed by atoms with Crippen LogP contribution in [0.15, 0.2) is 0 Å². The lowest BCUT2D eigenvalue weighted by Gasteiger charge is -2.33. The van der Waals surface area contributed by atoms with Crippen molar-refractivity contribution in [2.45, 2.75) is 49.8 Å². The molecule has 2 saturated heterocycles. The van der Waals surface area contributed by atoms with Crippen molar-refractivity contribution in [2.75, 3.05) is 32.4 Å². The number of hydrogen-bond donors (Lipinski definition) is 1. The zero-order chi connectivity index (χ0) is 11.2. The van der Waals surface area contributed by atoms with E-state index < -0.39 is 0 Å². The van der Waals surface area contributed by atoms with Crippen molar-refractivity contribution in [3.05, 3.63) is 0 Å². The van der Waals surface area contributed by atoms with E-state index in [4.69, 9.17) is 0 Å². The maximum Gasteiger partial charge on any atom is 0.0217 e. The van der Waals surface area contributed by atoms with Gasteiger partial charge in [-0.15, -0.1) is 0 Å². The van der Waals surface area contributed by atoms with Gasteiger partial charge in [-0.2, -0.15) is 11.8 Å². The molecule has 1 N–H and O–H groups in total. The third-order valence-corrected chi connectivity index (χ3v) is 5.35. The molecule has 2 unspecified atom stereocenters. The monoisotopic (exact) mass is 242 g/mol. The van der Waals surface area contributed by atoms with E-state index in [1.807, 2.05) is 0 Å². The number of piperidine rings is 1. The van der Waals surface area contributed by atoms with Crippen molar-refractivity contribution < 1.29 is 0 Å². The van der Waals surface area contributed by atoms with E-state index in [1.165, 1.54) is 63.9 Å². The zero-order valence-electron chi connectivity index (χ0n) is 10.6. The number of likely N-dealkylation sites (N-methyl/N-ethyl adjacent to an activating group) is 1. The molecule has 0 aliphatic carbocycles. The summed E-state index contributed by atoms with van der Waals surface area (Å²) in [4.78, 5) is 2.53. The van der Waals surface area contributed by atoms with Crippen molar-refractivity contribution in [3.63, 3.8) is 0 Å². The first-order valence-corrected chi connectivity index (χ1v) is 7.93. The standard InChI is InChI=1S/C13H26N2S/c1-15-8-4-2-6-12(15)10-14-11-13-7-3-5-9-16-13/h12-14H,2-11H2,1H3. The second-order valence-electron chi connectivity index (χ2n) is 5.28. The number of nitrogens with one attached hydrogen (secondary N) is 1. The molecule has 0 saturated carbocycles. The first-order chi connectivity index (χ1) is 7.86. The molecule has 0 aromatic rings. The Morgan fingerprint density at radius 2 is 2.00 bits per heavy atom. The van der Waals surface area contributed by atoms with Gasteiger partial charge in [0.2, 0.25) is 0 Å². The fraction of sp³-hybridized carbons (Fsp3) is 1.00. The molecule has 2 fully saturated rings. The smallest absolute Gasteiger partial charge is 0.0217 e. The fourth-order valence-corrected chi connectivity index (χ4v) is 4.05. The van der Waals surface area contributed by atoms with Gasteiger partial charge in [0, 0.05) is 24.4 Å². The van der Waals surface area contributed by atoms with Crippen LogP contribution in [0, 0.1) is 0 Å². The summed E-state index contributed by atoms with van der Waals surface area (Å²) < 4.78 is 0. The number of likely N-dealkylation sites (tertiary alicyclic amines) is 1. The summed E-state index contributed by atoms with van der Waals surface area (Å²) in [5.74, 6) is 1.38. The summed E-state index contributed by atoms with van der Waals surface area (Å²) in [6.45, 7) is 3.73. The van der Waals surface area contributed by atoms with E-state index in [0.717, 1.165) is 11.3 Å². The van der Waals surface area contributed by atoms with Crippen molar-refractivity contribution in [2.24, 2.45) is 0 Å². The minimum absolute atomic E-state index is 0.794. The van der Waals surface area contributed by atoms with Crippen LogP contribution in [0.2, 0.25) is 0 Å². The predicted octanol–water partition coefficient (Wildman–Crippen LogP) is 2.35. The Labute approximate surface area is 105 Å². The molecule has 2 aliphatic heterocycles. The highest BCUT2D eigenvalue weighted by atomic mass is 32.2. The van der Waals surface area contributed by atoms with E-state index >= 15 is 0 Å². The van der Waals surface area contributed by atoms with Crippen LogP contribution in [0.1, 0.15) is 38.5 Å². The Bertz CT molecular complexity index is 192. The lowest BCUT2D eigenvalue weighted by Crippen LogP contribution is -2.44. The van der Waals surface area contributed by atoms with Gasteiger partial charge in [-0.05, 0) is 45.0 Å². The topological polar surface area (TPSA) is 15.3 Å². The average molecular weight is 242 g/mol. The van der Waals surface area contributed by atoms with Gasteiger partial charge in [-0.3, -0.25) is 0 Å². The molecule has 2 atom stereocenters. The van der Waals surface area contributed by atoms with Crippen molar-refractivity contribution in [1.29, 1.82) is 0 Å². The van der Waals surface area contributed by atoms with Gasteiger partial charge in [0.1, 0.15) is 0 Å². The molecule has 0 spiro atoms. The molecule has 2 aliphatic rings. The van der Waals surface area contributed by atoms with E-state index in [0.29, 0.717) is 0 Å². The van der Waals surface area contributed by atoms with Gasteiger partial charge in [0.05, 0.1) is 0 Å². The van der Waals surface area contributed by atoms with E-state index in [-0.39, 0.29) is 0 Å². The van der Waals surface area contributed by atoms with E-state index in [2.05, 4.69) is 29.0 Å². The lowest BCUT2D eigenvalue weighted by atomic mass is 10.0. The molecule has 0 amide bonds. The molecular weight excluding hydrogens is 216 g/mol. The Balaban J connectivity index is 1.59. The van der Waals surface area contributed by atoms with Crippen molar-refractivity contribution >= 4 is 11.8 Å². The highest BCUT2D eigenvalue weighted by Gasteiger charge is 2.19. The molecule has 2 nitrogen and oxygen atoms in total. The van der Waals surface area contributed by atoms with Gasteiger partial charge in [0.25, 0.3) is 0 Å². The molecule has 0 aromatic heterocycles. The lowest BCUT2D eigenvalue weighted by molar-refractivity contribution is 0.182. The van der Waals surface area contributed by atoms with Crippen LogP contribution in [-0.2, 0) is 0 Å². The Morgan fingerprint density at radius 3 is 2.75 bits per heavy atom. The van der Waals surface area contributed by atoms with Crippen LogP contribution < -0.4 is 5.32 Å². The SMILES string of the molecule is CN1CCCCC1CNCC1CCCCS1. The average Bonchev–Trinajstić information content (AvgIpc) is 2.33. The van der Waals surface area contributed by atoms with Crippen LogP contribution >= 0.6 is 11.8 Å². The first kappa shape index (κ1) is 12.7. The minimum atomic E-state index is 0.794. The van der Waals surface area contributed by atoms with Gasteiger partial charge < -0.3 is 10.2 Å². The van der Waals surface area contributed by atoms with Crippen LogP contribution in [0.25, 0.3) is 0 Å². The highest BCUT2D eigenvalue weighted by molar-refractivity contribution is 7.99. The molecule has 2 rings (SSSR count). The molecule has 2 heterocycles. The molecule has 3 heteroatoms. The summed E-state index contributed by atoms with van der Waals surface area (Å²) >= 11 is 2.17. The second kappa shape index (κ2) is 6.87. The molecule has 16 heavy (non-hydrogen) atoms. The summed E-state index contributed by atoms with van der Waals surface area (Å²) in [5.41, 5.74) is 0. The van der Waals surface area contributed by atoms with Gasteiger partial charge >= 0.3 is 0 Å². The molecule has 94 valence electrons. The van der Waals surface area contributed by atoms with Gasteiger partial charge in [-0.1, -0.05) is 12.8 Å². The highest BCUT2D eigenvalue weighted by Crippen LogP contribution is 2.24. The van der Waals surface area contributed by atoms with E-state index in [1.54, 1.807) is 0 Å². The maximum atomic E-state index is 3.69. The quantitative estimate of drug-likeness (QED) is 0.815. The van der Waals surface area contributed by atoms with Crippen LogP contribution in [0.5, 0.6) is 0 Å². The van der Waals surface area contributed by atoms with E-state index in [9.17, 15) is 0 Å². The molecule has 0 bridgehead atoms. The third kappa shape index (κ3) is 3.94. The van der Waals surface area contributed by atoms with Crippen LogP contribution in [-0.4, -0.2) is 48.6 Å². The minimum Gasteiger partial charge on any atom is -0.314 e. The zero-order valence-corrected chi connectivity index (χ0v) is 11.4. The van der Waals surface area contributed by atoms with Crippen LogP contribution in [0.3, 0.4) is 0 Å².